The van der Waals surface area contributed by atoms with E-state index in [0.717, 1.165) is 11.0 Å². The molecule has 0 amide bonds. The molecule has 0 saturated carbocycles. The molecule has 0 bridgehead atoms. The monoisotopic (exact) mass is 287 g/mol. The summed E-state index contributed by atoms with van der Waals surface area (Å²) in [4.78, 5) is 1.07. The van der Waals surface area contributed by atoms with E-state index in [1.807, 2.05) is 0 Å². The predicted octanol–water partition coefficient (Wildman–Crippen LogP) is 3.30. The molecule has 19 heavy (non-hydrogen) atoms. The van der Waals surface area contributed by atoms with Gasteiger partial charge in [0.05, 0.1) is 23.4 Å². The van der Waals surface area contributed by atoms with E-state index < -0.39 is 11.7 Å². The summed E-state index contributed by atoms with van der Waals surface area (Å²) >= 11 is 5.52. The molecule has 0 heterocycles. The van der Waals surface area contributed by atoms with Gasteiger partial charge in [-0.1, -0.05) is 6.07 Å². The minimum Gasteiger partial charge on any atom is -0.344 e. The zero-order valence-electron chi connectivity index (χ0n) is 9.71. The van der Waals surface area contributed by atoms with Gasteiger partial charge >= 0.3 is 6.18 Å². The highest BCUT2D eigenvalue weighted by molar-refractivity contribution is 6.17. The van der Waals surface area contributed by atoms with Crippen molar-refractivity contribution >= 4 is 17.3 Å². The van der Waals surface area contributed by atoms with E-state index in [9.17, 15) is 13.2 Å². The Kier molecular flexibility index (Phi) is 5.02. The highest BCUT2D eigenvalue weighted by Gasteiger charge is 2.35. The molecule has 0 fully saturated rings. The lowest BCUT2D eigenvalue weighted by Crippen LogP contribution is -2.26. The lowest BCUT2D eigenvalue weighted by molar-refractivity contribution is -0.137. The number of rotatable bonds is 4. The zero-order valence-corrected chi connectivity index (χ0v) is 10.5. The van der Waals surface area contributed by atoms with Crippen molar-refractivity contribution in [2.45, 2.75) is 12.1 Å². The van der Waals surface area contributed by atoms with Gasteiger partial charge in [-0.05, 0) is 17.7 Å². The lowest BCUT2D eigenvalue weighted by atomic mass is 10.1. The van der Waals surface area contributed by atoms with Crippen LogP contribution in [-0.4, -0.2) is 13.1 Å². The van der Waals surface area contributed by atoms with Crippen LogP contribution in [0, 0.1) is 22.7 Å². The quantitative estimate of drug-likeness (QED) is 0.630. The molecule has 100 valence electrons. The van der Waals surface area contributed by atoms with Gasteiger partial charge in [-0.15, -0.1) is 11.6 Å². The third-order valence-electron chi connectivity index (χ3n) is 2.38. The molecule has 1 rings (SSSR count). The number of benzene rings is 1. The number of anilines is 1. The number of hydrogen-bond donors (Lipinski definition) is 0. The molecule has 3 nitrogen and oxygen atoms in total. The van der Waals surface area contributed by atoms with E-state index in [4.69, 9.17) is 22.1 Å². The summed E-state index contributed by atoms with van der Waals surface area (Å²) in [6, 6.07) is 7.09. The molecule has 0 atom stereocenters. The molecular weight excluding hydrogens is 279 g/mol. The van der Waals surface area contributed by atoms with Crippen molar-refractivity contribution in [1.82, 2.24) is 0 Å². The first-order valence-corrected chi connectivity index (χ1v) is 5.72. The first kappa shape index (κ1) is 15.1. The normalized spacial score (nSPS) is 10.6. The van der Waals surface area contributed by atoms with Crippen molar-refractivity contribution in [2.75, 3.05) is 18.0 Å². The van der Waals surface area contributed by atoms with Crippen LogP contribution in [0.3, 0.4) is 0 Å². The molecule has 0 radical (unpaired) electrons. The lowest BCUT2D eigenvalue weighted by Gasteiger charge is -2.23. The molecule has 0 N–H and O–H groups in total. The third kappa shape index (κ3) is 3.77. The Bertz CT molecular complexity index is 512. The molecule has 0 aliphatic rings. The second kappa shape index (κ2) is 6.31. The van der Waals surface area contributed by atoms with Crippen LogP contribution < -0.4 is 4.90 Å². The van der Waals surface area contributed by atoms with Crippen LogP contribution >= 0.6 is 11.6 Å². The summed E-state index contributed by atoms with van der Waals surface area (Å²) in [7, 11) is 0. The number of nitriles is 2. The molecule has 1 aromatic rings. The van der Waals surface area contributed by atoms with Crippen LogP contribution in [0.5, 0.6) is 0 Å². The third-order valence-corrected chi connectivity index (χ3v) is 2.69. The van der Waals surface area contributed by atoms with Crippen LogP contribution in [0.4, 0.5) is 18.9 Å². The van der Waals surface area contributed by atoms with Gasteiger partial charge in [-0.2, -0.15) is 23.7 Å². The highest BCUT2D eigenvalue weighted by atomic mass is 35.5. The summed E-state index contributed by atoms with van der Waals surface area (Å²) in [5, 5.41) is 17.2. The van der Waals surface area contributed by atoms with Crippen LogP contribution in [0.15, 0.2) is 18.2 Å². The average Bonchev–Trinajstić information content (AvgIpc) is 2.37. The van der Waals surface area contributed by atoms with E-state index in [-0.39, 0.29) is 24.7 Å². The van der Waals surface area contributed by atoms with Gasteiger partial charge in [0, 0.05) is 5.88 Å². The van der Waals surface area contributed by atoms with Crippen LogP contribution in [0.25, 0.3) is 0 Å². The summed E-state index contributed by atoms with van der Waals surface area (Å²) in [6.07, 6.45) is -4.57. The van der Waals surface area contributed by atoms with E-state index in [2.05, 4.69) is 0 Å². The smallest absolute Gasteiger partial charge is 0.344 e. The summed E-state index contributed by atoms with van der Waals surface area (Å²) in [5.74, 6) is -0.0418. The average molecular weight is 288 g/mol. The second-order valence-electron chi connectivity index (χ2n) is 3.66. The van der Waals surface area contributed by atoms with Crippen LogP contribution in [-0.2, 0) is 12.1 Å². The molecule has 0 spiro atoms. The Labute approximate surface area is 113 Å². The number of hydrogen-bond acceptors (Lipinski definition) is 3. The van der Waals surface area contributed by atoms with E-state index >= 15 is 0 Å². The van der Waals surface area contributed by atoms with E-state index in [0.29, 0.717) is 5.56 Å². The van der Waals surface area contributed by atoms with Crippen molar-refractivity contribution < 1.29 is 13.2 Å². The Morgan fingerprint density at radius 1 is 1.16 bits per heavy atom. The van der Waals surface area contributed by atoms with Gasteiger partial charge in [-0.3, -0.25) is 0 Å². The van der Waals surface area contributed by atoms with Crippen molar-refractivity contribution in [2.24, 2.45) is 0 Å². The van der Waals surface area contributed by atoms with Gasteiger partial charge in [0.25, 0.3) is 0 Å². The Hall–Kier alpha value is -1.92. The maximum atomic E-state index is 13.0. The minimum atomic E-state index is -4.57. The topological polar surface area (TPSA) is 50.8 Å². The first-order valence-electron chi connectivity index (χ1n) is 5.19. The number of halogens is 4. The van der Waals surface area contributed by atoms with Gasteiger partial charge in [-0.25, -0.2) is 0 Å². The number of alkyl halides is 4. The fourth-order valence-corrected chi connectivity index (χ4v) is 1.73. The fourth-order valence-electron chi connectivity index (χ4n) is 1.57. The van der Waals surface area contributed by atoms with Gasteiger partial charge < -0.3 is 4.90 Å². The van der Waals surface area contributed by atoms with Crippen LogP contribution in [0.2, 0.25) is 0 Å². The standard InChI is InChI=1S/C12H9ClF3N3/c13-8-9-1-2-11(10(7-9)12(14,15)16)19(5-3-17)6-4-18/h1-2,7H,5-6,8H2. The summed E-state index contributed by atoms with van der Waals surface area (Å²) in [5.41, 5.74) is -0.757. The molecule has 0 aliphatic carbocycles. The van der Waals surface area contributed by atoms with E-state index in [1.165, 1.54) is 12.1 Å². The molecule has 0 aromatic heterocycles. The first-order chi connectivity index (χ1) is 8.93. The van der Waals surface area contributed by atoms with Crippen molar-refractivity contribution in [3.05, 3.63) is 29.3 Å². The van der Waals surface area contributed by atoms with Crippen LogP contribution in [0.1, 0.15) is 11.1 Å². The molecular formula is C12H9ClF3N3. The molecule has 0 saturated heterocycles. The highest BCUT2D eigenvalue weighted by Crippen LogP contribution is 2.37. The molecule has 0 unspecified atom stereocenters. The Balaban J connectivity index is 3.33. The SMILES string of the molecule is N#CCN(CC#N)c1ccc(CCl)cc1C(F)(F)F. The zero-order chi connectivity index (χ0) is 14.5. The van der Waals surface area contributed by atoms with Crippen molar-refractivity contribution in [3.8, 4) is 12.1 Å². The van der Waals surface area contributed by atoms with E-state index in [1.54, 1.807) is 12.1 Å². The molecule has 1 aromatic carbocycles. The fraction of sp³-hybridized carbons (Fsp3) is 0.333. The summed E-state index contributed by atoms with van der Waals surface area (Å²) < 4.78 is 38.9. The number of nitrogens with zero attached hydrogens (tertiary/aromatic N) is 3. The molecule has 0 aliphatic heterocycles. The Morgan fingerprint density at radius 2 is 1.74 bits per heavy atom. The Morgan fingerprint density at radius 3 is 2.16 bits per heavy atom. The van der Waals surface area contributed by atoms with Crippen molar-refractivity contribution in [1.29, 1.82) is 10.5 Å². The largest absolute Gasteiger partial charge is 0.418 e. The maximum Gasteiger partial charge on any atom is 0.418 e. The summed E-state index contributed by atoms with van der Waals surface area (Å²) in [6.45, 7) is -0.590. The van der Waals surface area contributed by atoms with Gasteiger partial charge in [0.1, 0.15) is 13.1 Å². The van der Waals surface area contributed by atoms with Crippen molar-refractivity contribution in [3.63, 3.8) is 0 Å². The predicted molar refractivity (Wildman–Crippen MR) is 64.4 cm³/mol. The van der Waals surface area contributed by atoms with Gasteiger partial charge in [0.15, 0.2) is 0 Å². The molecule has 7 heteroatoms. The second-order valence-corrected chi connectivity index (χ2v) is 3.92. The van der Waals surface area contributed by atoms with Gasteiger partial charge in [0.2, 0.25) is 0 Å². The maximum absolute atomic E-state index is 13.0. The minimum absolute atomic E-state index is 0.0418.